The average Bonchev–Trinajstić information content (AvgIpc) is 3.17. The minimum atomic E-state index is -0.695. The van der Waals surface area contributed by atoms with Crippen LogP contribution in [0.1, 0.15) is 26.9 Å². The molecule has 3 rings (SSSR count). The van der Waals surface area contributed by atoms with E-state index in [1.165, 1.54) is 11.3 Å². The molecule has 0 fully saturated rings. The maximum absolute atomic E-state index is 12.8. The molecule has 1 aromatic carbocycles. The predicted molar refractivity (Wildman–Crippen MR) is 94.7 cm³/mol. The third kappa shape index (κ3) is 4.07. The van der Waals surface area contributed by atoms with E-state index in [-0.39, 0.29) is 12.5 Å². The largest absolute Gasteiger partial charge is 0.386 e. The topological polar surface area (TPSA) is 53.4 Å². The summed E-state index contributed by atoms with van der Waals surface area (Å²) < 4.78 is 0. The molecule has 0 saturated carbocycles. The number of aliphatic hydroxyl groups is 1. The Morgan fingerprint density at radius 2 is 1.83 bits per heavy atom. The Hall–Kier alpha value is -2.50. The zero-order chi connectivity index (χ0) is 16.8. The Morgan fingerprint density at radius 3 is 2.50 bits per heavy atom. The molecule has 0 spiro atoms. The van der Waals surface area contributed by atoms with Gasteiger partial charge in [-0.1, -0.05) is 36.4 Å². The molecule has 3 aromatic rings. The highest BCUT2D eigenvalue weighted by Gasteiger charge is 2.21. The van der Waals surface area contributed by atoms with Crippen molar-refractivity contribution in [2.75, 3.05) is 6.54 Å². The fourth-order valence-electron chi connectivity index (χ4n) is 2.48. The number of aromatic nitrogens is 1. The standard InChI is InChI=1S/C19H18N2O2S/c22-17(18-7-4-12-24-18)14-21(13-15-5-2-1-3-6-15)19(23)16-8-10-20-11-9-16/h1-12,17,22H,13-14H2. The predicted octanol–water partition coefficient (Wildman–Crippen LogP) is 3.52. The highest BCUT2D eigenvalue weighted by atomic mass is 32.1. The van der Waals surface area contributed by atoms with Crippen molar-refractivity contribution in [2.45, 2.75) is 12.6 Å². The van der Waals surface area contributed by atoms with Crippen LogP contribution in [0, 0.1) is 0 Å². The molecule has 24 heavy (non-hydrogen) atoms. The fraction of sp³-hybridized carbons (Fsp3) is 0.158. The Balaban J connectivity index is 1.81. The van der Waals surface area contributed by atoms with Crippen LogP contribution in [0.15, 0.2) is 72.4 Å². The number of nitrogens with zero attached hydrogens (tertiary/aromatic N) is 2. The van der Waals surface area contributed by atoms with Gasteiger partial charge in [0, 0.05) is 29.4 Å². The van der Waals surface area contributed by atoms with Crippen LogP contribution in [0.4, 0.5) is 0 Å². The molecular formula is C19H18N2O2S. The summed E-state index contributed by atoms with van der Waals surface area (Å²) in [5, 5.41) is 12.4. The number of thiophene rings is 1. The summed E-state index contributed by atoms with van der Waals surface area (Å²) in [7, 11) is 0. The minimum Gasteiger partial charge on any atom is -0.386 e. The maximum atomic E-state index is 12.8. The number of hydrogen-bond donors (Lipinski definition) is 1. The molecule has 0 radical (unpaired) electrons. The van der Waals surface area contributed by atoms with E-state index in [0.29, 0.717) is 12.1 Å². The van der Waals surface area contributed by atoms with E-state index in [2.05, 4.69) is 4.98 Å². The summed E-state index contributed by atoms with van der Waals surface area (Å²) in [5.41, 5.74) is 1.59. The van der Waals surface area contributed by atoms with Crippen LogP contribution in [-0.4, -0.2) is 27.4 Å². The van der Waals surface area contributed by atoms with Crippen LogP contribution < -0.4 is 0 Å². The van der Waals surface area contributed by atoms with E-state index < -0.39 is 6.10 Å². The van der Waals surface area contributed by atoms with Gasteiger partial charge in [0.05, 0.1) is 6.54 Å². The molecule has 0 aliphatic heterocycles. The van der Waals surface area contributed by atoms with Crippen LogP contribution in [-0.2, 0) is 6.54 Å². The maximum Gasteiger partial charge on any atom is 0.254 e. The first kappa shape index (κ1) is 16.4. The van der Waals surface area contributed by atoms with Gasteiger partial charge in [-0.3, -0.25) is 9.78 Å². The van der Waals surface area contributed by atoms with Crippen LogP contribution in [0.25, 0.3) is 0 Å². The summed E-state index contributed by atoms with van der Waals surface area (Å²) in [6, 6.07) is 17.0. The summed E-state index contributed by atoms with van der Waals surface area (Å²) in [6.07, 6.45) is 2.51. The highest BCUT2D eigenvalue weighted by Crippen LogP contribution is 2.21. The third-order valence-corrected chi connectivity index (χ3v) is 4.67. The van der Waals surface area contributed by atoms with E-state index in [4.69, 9.17) is 0 Å². The van der Waals surface area contributed by atoms with Crippen molar-refractivity contribution in [1.29, 1.82) is 0 Å². The van der Waals surface area contributed by atoms with Crippen molar-refractivity contribution >= 4 is 17.2 Å². The van der Waals surface area contributed by atoms with Crippen LogP contribution in [0.3, 0.4) is 0 Å². The molecule has 1 atom stereocenters. The number of pyridine rings is 1. The zero-order valence-electron chi connectivity index (χ0n) is 13.1. The van der Waals surface area contributed by atoms with Crippen molar-refractivity contribution in [1.82, 2.24) is 9.88 Å². The van der Waals surface area contributed by atoms with Crippen LogP contribution >= 0.6 is 11.3 Å². The first-order chi connectivity index (χ1) is 11.7. The molecule has 0 saturated heterocycles. The number of hydrogen-bond acceptors (Lipinski definition) is 4. The first-order valence-electron chi connectivity index (χ1n) is 7.69. The Labute approximate surface area is 145 Å². The average molecular weight is 338 g/mol. The Kier molecular flexibility index (Phi) is 5.36. The zero-order valence-corrected chi connectivity index (χ0v) is 13.9. The smallest absolute Gasteiger partial charge is 0.254 e. The molecule has 1 unspecified atom stereocenters. The van der Waals surface area contributed by atoms with Crippen molar-refractivity contribution in [3.05, 3.63) is 88.4 Å². The van der Waals surface area contributed by atoms with Crippen molar-refractivity contribution in [3.8, 4) is 0 Å². The second kappa shape index (κ2) is 7.86. The fourth-order valence-corrected chi connectivity index (χ4v) is 3.18. The van der Waals surface area contributed by atoms with Crippen LogP contribution in [0.2, 0.25) is 0 Å². The van der Waals surface area contributed by atoms with Gasteiger partial charge in [-0.05, 0) is 29.1 Å². The van der Waals surface area contributed by atoms with Gasteiger partial charge in [0.2, 0.25) is 0 Å². The molecular weight excluding hydrogens is 320 g/mol. The highest BCUT2D eigenvalue weighted by molar-refractivity contribution is 7.10. The SMILES string of the molecule is O=C(c1ccncc1)N(Cc1ccccc1)CC(O)c1cccs1. The van der Waals surface area contributed by atoms with Crippen molar-refractivity contribution < 1.29 is 9.90 Å². The van der Waals surface area contributed by atoms with Gasteiger partial charge >= 0.3 is 0 Å². The lowest BCUT2D eigenvalue weighted by atomic mass is 10.1. The number of carbonyl (C=O) groups excluding carboxylic acids is 1. The Bertz CT molecular complexity index is 761. The van der Waals surface area contributed by atoms with E-state index in [1.807, 2.05) is 47.8 Å². The number of amides is 1. The van der Waals surface area contributed by atoms with Gasteiger partial charge < -0.3 is 10.0 Å². The lowest BCUT2D eigenvalue weighted by Gasteiger charge is -2.25. The van der Waals surface area contributed by atoms with E-state index in [9.17, 15) is 9.90 Å². The van der Waals surface area contributed by atoms with Gasteiger partial charge in [0.25, 0.3) is 5.91 Å². The first-order valence-corrected chi connectivity index (χ1v) is 8.56. The number of benzene rings is 1. The lowest BCUT2D eigenvalue weighted by Crippen LogP contribution is -2.34. The molecule has 0 aliphatic carbocycles. The molecule has 2 heterocycles. The molecule has 0 bridgehead atoms. The summed E-state index contributed by atoms with van der Waals surface area (Å²) in [5.74, 6) is -0.114. The van der Waals surface area contributed by atoms with Gasteiger partial charge in [0.15, 0.2) is 0 Å². The molecule has 4 nitrogen and oxygen atoms in total. The van der Waals surface area contributed by atoms with Crippen molar-refractivity contribution in [2.24, 2.45) is 0 Å². The Morgan fingerprint density at radius 1 is 1.08 bits per heavy atom. The van der Waals surface area contributed by atoms with Gasteiger partial charge in [-0.15, -0.1) is 11.3 Å². The van der Waals surface area contributed by atoms with E-state index in [1.54, 1.807) is 29.4 Å². The number of aliphatic hydroxyl groups excluding tert-OH is 1. The summed E-state index contributed by atoms with van der Waals surface area (Å²) in [6.45, 7) is 0.695. The molecule has 1 amide bonds. The second-order valence-electron chi connectivity index (χ2n) is 5.44. The molecule has 0 aliphatic rings. The summed E-state index contributed by atoms with van der Waals surface area (Å²) >= 11 is 1.49. The minimum absolute atomic E-state index is 0.114. The second-order valence-corrected chi connectivity index (χ2v) is 6.42. The molecule has 1 N–H and O–H groups in total. The normalized spacial score (nSPS) is 11.9. The summed E-state index contributed by atoms with van der Waals surface area (Å²) in [4.78, 5) is 19.3. The van der Waals surface area contributed by atoms with Gasteiger partial charge in [0.1, 0.15) is 6.10 Å². The lowest BCUT2D eigenvalue weighted by molar-refractivity contribution is 0.0609. The van der Waals surface area contributed by atoms with Gasteiger partial charge in [-0.25, -0.2) is 0 Å². The number of rotatable bonds is 6. The molecule has 5 heteroatoms. The number of carbonyl (C=O) groups is 1. The van der Waals surface area contributed by atoms with Crippen LogP contribution in [0.5, 0.6) is 0 Å². The van der Waals surface area contributed by atoms with E-state index in [0.717, 1.165) is 10.4 Å². The van der Waals surface area contributed by atoms with Crippen molar-refractivity contribution in [3.63, 3.8) is 0 Å². The quantitative estimate of drug-likeness (QED) is 0.748. The van der Waals surface area contributed by atoms with E-state index >= 15 is 0 Å². The van der Waals surface area contributed by atoms with Gasteiger partial charge in [-0.2, -0.15) is 0 Å². The molecule has 2 aromatic heterocycles. The molecule has 122 valence electrons. The monoisotopic (exact) mass is 338 g/mol. The third-order valence-electron chi connectivity index (χ3n) is 3.70.